The van der Waals surface area contributed by atoms with Gasteiger partial charge in [-0.15, -0.1) is 0 Å². The minimum absolute atomic E-state index is 0.105. The van der Waals surface area contributed by atoms with Crippen molar-refractivity contribution < 1.29 is 14.6 Å². The Labute approximate surface area is 106 Å². The summed E-state index contributed by atoms with van der Waals surface area (Å²) >= 11 is 0. The number of hydrogen-bond donors (Lipinski definition) is 2. The van der Waals surface area contributed by atoms with Crippen LogP contribution in [0.2, 0.25) is 0 Å². The molecule has 3 rings (SSSR count). The molecule has 0 aliphatic carbocycles. The molecule has 1 fully saturated rings. The minimum atomic E-state index is -0.756. The molecule has 0 saturated carbocycles. The van der Waals surface area contributed by atoms with Gasteiger partial charge in [0, 0.05) is 18.0 Å². The first-order valence-corrected chi connectivity index (χ1v) is 6.49. The second kappa shape index (κ2) is 4.61. The molecule has 2 N–H and O–H groups in total. The lowest BCUT2D eigenvalue weighted by Crippen LogP contribution is -2.42. The monoisotopic (exact) mass is 247 g/mol. The van der Waals surface area contributed by atoms with Crippen LogP contribution in [0.1, 0.15) is 36.4 Å². The molecule has 4 heteroatoms. The van der Waals surface area contributed by atoms with Gasteiger partial charge in [-0.25, -0.2) is 0 Å². The molecule has 1 aromatic rings. The van der Waals surface area contributed by atoms with Crippen molar-refractivity contribution in [3.05, 3.63) is 29.3 Å². The number of hydrogen-bond acceptors (Lipinski definition) is 3. The zero-order valence-corrected chi connectivity index (χ0v) is 10.2. The summed E-state index contributed by atoms with van der Waals surface area (Å²) in [5.41, 5.74) is 2.36. The molecule has 96 valence electrons. The van der Waals surface area contributed by atoms with Crippen LogP contribution in [0.3, 0.4) is 0 Å². The van der Waals surface area contributed by atoms with E-state index in [1.807, 2.05) is 12.1 Å². The first-order chi connectivity index (χ1) is 8.75. The van der Waals surface area contributed by atoms with E-state index in [1.54, 1.807) is 0 Å². The van der Waals surface area contributed by atoms with Crippen LogP contribution >= 0.6 is 0 Å². The molecule has 1 aromatic carbocycles. The Morgan fingerprint density at radius 2 is 2.28 bits per heavy atom. The maximum atomic E-state index is 11.1. The van der Waals surface area contributed by atoms with E-state index in [0.29, 0.717) is 6.42 Å². The molecule has 2 aliphatic heterocycles. The Balaban J connectivity index is 1.86. The van der Waals surface area contributed by atoms with Gasteiger partial charge in [0.05, 0.1) is 6.61 Å². The van der Waals surface area contributed by atoms with Crippen molar-refractivity contribution in [2.24, 2.45) is 0 Å². The molecule has 0 radical (unpaired) electrons. The van der Waals surface area contributed by atoms with E-state index in [0.717, 1.165) is 37.2 Å². The van der Waals surface area contributed by atoms with Crippen molar-refractivity contribution in [2.45, 2.75) is 37.8 Å². The van der Waals surface area contributed by atoms with Crippen molar-refractivity contribution in [1.29, 1.82) is 0 Å². The number of carboxylic acids is 1. The van der Waals surface area contributed by atoms with Gasteiger partial charge in [0.15, 0.2) is 0 Å². The van der Waals surface area contributed by atoms with E-state index < -0.39 is 12.0 Å². The van der Waals surface area contributed by atoms with Gasteiger partial charge < -0.3 is 9.84 Å². The smallest absolute Gasteiger partial charge is 0.320 e. The lowest BCUT2D eigenvalue weighted by atomic mass is 9.92. The number of ether oxygens (including phenoxy) is 1. The summed E-state index contributed by atoms with van der Waals surface area (Å²) < 4.78 is 5.69. The minimum Gasteiger partial charge on any atom is -0.493 e. The third-order valence-corrected chi connectivity index (χ3v) is 3.81. The topological polar surface area (TPSA) is 58.6 Å². The molecule has 1 saturated heterocycles. The molecule has 18 heavy (non-hydrogen) atoms. The quantitative estimate of drug-likeness (QED) is 0.838. The number of carbonyl (C=O) groups is 1. The van der Waals surface area contributed by atoms with Gasteiger partial charge in [-0.3, -0.25) is 10.1 Å². The molecule has 4 nitrogen and oxygen atoms in total. The summed E-state index contributed by atoms with van der Waals surface area (Å²) in [6.07, 6.45) is 3.59. The van der Waals surface area contributed by atoms with Crippen LogP contribution in [0.5, 0.6) is 5.75 Å². The summed E-state index contributed by atoms with van der Waals surface area (Å²) in [5, 5.41) is 12.3. The van der Waals surface area contributed by atoms with Crippen molar-refractivity contribution in [1.82, 2.24) is 5.32 Å². The predicted molar refractivity (Wildman–Crippen MR) is 66.8 cm³/mol. The maximum Gasteiger partial charge on any atom is 0.320 e. The highest BCUT2D eigenvalue weighted by Crippen LogP contribution is 2.37. The summed E-state index contributed by atoms with van der Waals surface area (Å²) in [4.78, 5) is 11.1. The molecule has 2 aliphatic rings. The number of para-hydroxylation sites is 1. The normalized spacial score (nSPS) is 26.4. The zero-order valence-electron chi connectivity index (χ0n) is 10.2. The Kier molecular flexibility index (Phi) is 2.96. The van der Waals surface area contributed by atoms with Crippen LogP contribution in [0.4, 0.5) is 0 Å². The van der Waals surface area contributed by atoms with E-state index in [1.165, 1.54) is 5.56 Å². The Morgan fingerprint density at radius 3 is 3.11 bits per heavy atom. The molecule has 2 atom stereocenters. The van der Waals surface area contributed by atoms with E-state index >= 15 is 0 Å². The van der Waals surface area contributed by atoms with Gasteiger partial charge in [-0.05, 0) is 24.8 Å². The van der Waals surface area contributed by atoms with Crippen LogP contribution in [0.25, 0.3) is 0 Å². The van der Waals surface area contributed by atoms with Gasteiger partial charge in [-0.2, -0.15) is 0 Å². The lowest BCUT2D eigenvalue weighted by Gasteiger charge is -2.29. The molecule has 0 amide bonds. The van der Waals surface area contributed by atoms with Crippen molar-refractivity contribution in [2.75, 3.05) is 6.61 Å². The second-order valence-corrected chi connectivity index (χ2v) is 4.97. The number of nitrogens with one attached hydrogen (secondary N) is 1. The van der Waals surface area contributed by atoms with Gasteiger partial charge in [0.25, 0.3) is 0 Å². The SMILES string of the molecule is O=C(O)C1CCCC(c2cccc3c2OCC3)N1. The number of benzene rings is 1. The standard InChI is InChI=1S/C14H17NO3/c16-14(17)12-6-2-5-11(15-12)10-4-1-3-9-7-8-18-13(9)10/h1,3-4,11-12,15H,2,5-8H2,(H,16,17). The highest BCUT2D eigenvalue weighted by atomic mass is 16.5. The zero-order chi connectivity index (χ0) is 12.5. The number of rotatable bonds is 2. The maximum absolute atomic E-state index is 11.1. The van der Waals surface area contributed by atoms with Gasteiger partial charge >= 0.3 is 5.97 Å². The van der Waals surface area contributed by atoms with E-state index in [-0.39, 0.29) is 6.04 Å². The van der Waals surface area contributed by atoms with E-state index in [4.69, 9.17) is 9.84 Å². The molecule has 0 aromatic heterocycles. The summed E-state index contributed by atoms with van der Waals surface area (Å²) in [5.74, 6) is 0.217. The van der Waals surface area contributed by atoms with Gasteiger partial charge in [0.1, 0.15) is 11.8 Å². The van der Waals surface area contributed by atoms with Crippen LogP contribution in [0.15, 0.2) is 18.2 Å². The van der Waals surface area contributed by atoms with Crippen molar-refractivity contribution in [3.8, 4) is 5.75 Å². The Bertz CT molecular complexity index is 472. The summed E-state index contributed by atoms with van der Waals surface area (Å²) in [6, 6.07) is 5.85. The van der Waals surface area contributed by atoms with Crippen molar-refractivity contribution >= 4 is 5.97 Å². The third-order valence-electron chi connectivity index (χ3n) is 3.81. The van der Waals surface area contributed by atoms with Gasteiger partial charge in [-0.1, -0.05) is 18.2 Å². The lowest BCUT2D eigenvalue weighted by molar-refractivity contribution is -0.140. The Morgan fingerprint density at radius 1 is 1.39 bits per heavy atom. The average molecular weight is 247 g/mol. The van der Waals surface area contributed by atoms with Crippen LogP contribution in [-0.4, -0.2) is 23.7 Å². The average Bonchev–Trinajstić information content (AvgIpc) is 2.87. The first kappa shape index (κ1) is 11.5. The number of aliphatic carboxylic acids is 1. The molecule has 2 unspecified atom stereocenters. The predicted octanol–water partition coefficient (Wildman–Crippen LogP) is 1.89. The molecular formula is C14H17NO3. The highest BCUT2D eigenvalue weighted by Gasteiger charge is 2.29. The molecule has 2 heterocycles. The number of fused-ring (bicyclic) bond motifs is 1. The first-order valence-electron chi connectivity index (χ1n) is 6.49. The van der Waals surface area contributed by atoms with E-state index in [2.05, 4.69) is 11.4 Å². The number of piperidine rings is 1. The van der Waals surface area contributed by atoms with Crippen LogP contribution in [0, 0.1) is 0 Å². The Hall–Kier alpha value is -1.55. The largest absolute Gasteiger partial charge is 0.493 e. The third kappa shape index (κ3) is 1.97. The molecule has 0 bridgehead atoms. The van der Waals surface area contributed by atoms with Crippen LogP contribution in [-0.2, 0) is 11.2 Å². The fourth-order valence-electron chi connectivity index (χ4n) is 2.89. The van der Waals surface area contributed by atoms with E-state index in [9.17, 15) is 4.79 Å². The fraction of sp³-hybridized carbons (Fsp3) is 0.500. The molecular weight excluding hydrogens is 230 g/mol. The number of carboxylic acid groups (broad SMARTS) is 1. The summed E-state index contributed by atoms with van der Waals surface area (Å²) in [6.45, 7) is 0.738. The van der Waals surface area contributed by atoms with Crippen molar-refractivity contribution in [3.63, 3.8) is 0 Å². The molecule has 0 spiro atoms. The van der Waals surface area contributed by atoms with Crippen LogP contribution < -0.4 is 10.1 Å². The summed E-state index contributed by atoms with van der Waals surface area (Å²) in [7, 11) is 0. The highest BCUT2D eigenvalue weighted by molar-refractivity contribution is 5.73. The fourth-order valence-corrected chi connectivity index (χ4v) is 2.89. The van der Waals surface area contributed by atoms with Gasteiger partial charge in [0.2, 0.25) is 0 Å². The second-order valence-electron chi connectivity index (χ2n) is 4.97.